The summed E-state index contributed by atoms with van der Waals surface area (Å²) in [5, 5.41) is 0. The number of aromatic amines is 1. The van der Waals surface area contributed by atoms with Gasteiger partial charge in [0.2, 0.25) is 0 Å². The third-order valence-electron chi connectivity index (χ3n) is 2.78. The molecule has 1 N–H and O–H groups in total. The summed E-state index contributed by atoms with van der Waals surface area (Å²) in [4.78, 5) is 3.23. The van der Waals surface area contributed by atoms with Gasteiger partial charge >= 0.3 is 0 Å². The van der Waals surface area contributed by atoms with E-state index in [-0.39, 0.29) is 0 Å². The first kappa shape index (κ1) is 12.5. The van der Waals surface area contributed by atoms with Gasteiger partial charge in [0.05, 0.1) is 12.6 Å². The van der Waals surface area contributed by atoms with Gasteiger partial charge in [-0.2, -0.15) is 11.8 Å². The summed E-state index contributed by atoms with van der Waals surface area (Å²) in [5.41, 5.74) is 2.09. The van der Waals surface area contributed by atoms with Gasteiger partial charge in [-0.15, -0.1) is 0 Å². The van der Waals surface area contributed by atoms with E-state index < -0.39 is 0 Å². The second-order valence-electron chi connectivity index (χ2n) is 3.96. The van der Waals surface area contributed by atoms with Gasteiger partial charge in [0.1, 0.15) is 11.3 Å². The van der Waals surface area contributed by atoms with Crippen molar-refractivity contribution >= 4 is 35.0 Å². The summed E-state index contributed by atoms with van der Waals surface area (Å²) < 4.78 is 8.25. The predicted molar refractivity (Wildman–Crippen MR) is 76.8 cm³/mol. The lowest BCUT2D eigenvalue weighted by Gasteiger charge is -2.13. The van der Waals surface area contributed by atoms with Crippen LogP contribution in [0.5, 0.6) is 5.75 Å². The molecule has 17 heavy (non-hydrogen) atoms. The van der Waals surface area contributed by atoms with Gasteiger partial charge < -0.3 is 14.3 Å². The van der Waals surface area contributed by atoms with Crippen molar-refractivity contribution in [3.05, 3.63) is 23.0 Å². The molecule has 0 fully saturated rings. The van der Waals surface area contributed by atoms with E-state index in [0.717, 1.165) is 27.3 Å². The van der Waals surface area contributed by atoms with Crippen LogP contribution in [0, 0.1) is 4.77 Å². The molecule has 0 aliphatic carbocycles. The molecule has 0 radical (unpaired) electrons. The average molecular weight is 268 g/mol. The van der Waals surface area contributed by atoms with Crippen LogP contribution in [0.4, 0.5) is 0 Å². The van der Waals surface area contributed by atoms with E-state index in [1.165, 1.54) is 0 Å². The Bertz CT molecular complexity index is 573. The normalized spacial score (nSPS) is 12.9. The summed E-state index contributed by atoms with van der Waals surface area (Å²) in [6.45, 7) is 2.18. The van der Waals surface area contributed by atoms with Crippen LogP contribution in [0.2, 0.25) is 0 Å². The lowest BCUT2D eigenvalue weighted by atomic mass is 10.2. The lowest BCUT2D eigenvalue weighted by molar-refractivity contribution is 0.419. The number of rotatable bonds is 4. The van der Waals surface area contributed by atoms with Gasteiger partial charge in [0.25, 0.3) is 0 Å². The molecule has 0 aliphatic rings. The molecule has 92 valence electrons. The molecular weight excluding hydrogens is 252 g/mol. The Kier molecular flexibility index (Phi) is 3.79. The van der Waals surface area contributed by atoms with E-state index in [9.17, 15) is 0 Å². The Morgan fingerprint density at radius 1 is 1.53 bits per heavy atom. The van der Waals surface area contributed by atoms with Gasteiger partial charge in [-0.3, -0.25) is 0 Å². The van der Waals surface area contributed by atoms with Gasteiger partial charge in [-0.05, 0) is 37.5 Å². The number of benzene rings is 1. The lowest BCUT2D eigenvalue weighted by Crippen LogP contribution is -2.07. The first-order valence-electron chi connectivity index (χ1n) is 5.45. The van der Waals surface area contributed by atoms with Crippen LogP contribution in [0.15, 0.2) is 18.2 Å². The molecular formula is C12H16N2OS2. The third kappa shape index (κ3) is 2.21. The maximum absolute atomic E-state index is 5.39. The largest absolute Gasteiger partial charge is 0.494 e. The fourth-order valence-corrected chi connectivity index (χ4v) is 3.06. The maximum Gasteiger partial charge on any atom is 0.178 e. The molecule has 1 aromatic heterocycles. The molecule has 1 unspecified atom stereocenters. The topological polar surface area (TPSA) is 29.9 Å². The number of aromatic nitrogens is 2. The Morgan fingerprint density at radius 3 is 2.94 bits per heavy atom. The number of H-pyrrole nitrogens is 1. The molecule has 1 heterocycles. The second-order valence-corrected chi connectivity index (χ2v) is 5.26. The average Bonchev–Trinajstić information content (AvgIpc) is 2.65. The van der Waals surface area contributed by atoms with Crippen LogP contribution >= 0.6 is 24.0 Å². The number of methoxy groups -OCH3 is 1. The Hall–Kier alpha value is -0.940. The monoisotopic (exact) mass is 268 g/mol. The molecule has 2 aromatic rings. The number of fused-ring (bicyclic) bond motifs is 1. The smallest absolute Gasteiger partial charge is 0.178 e. The van der Waals surface area contributed by atoms with Crippen molar-refractivity contribution in [2.75, 3.05) is 19.1 Å². The Labute approximate surface area is 110 Å². The van der Waals surface area contributed by atoms with Gasteiger partial charge in [0.15, 0.2) is 4.77 Å². The standard InChI is InChI=1S/C12H16N2OS2/c1-8(7-17-3)14-9-5-4-6-10(15-2)11(9)13-12(14)16/h4-6,8H,7H2,1-3H3,(H,13,16). The van der Waals surface area contributed by atoms with Gasteiger partial charge in [0, 0.05) is 11.8 Å². The summed E-state index contributed by atoms with van der Waals surface area (Å²) in [6.07, 6.45) is 2.11. The minimum absolute atomic E-state index is 0.373. The predicted octanol–water partition coefficient (Wildman–Crippen LogP) is 3.63. The van der Waals surface area contributed by atoms with E-state index in [4.69, 9.17) is 17.0 Å². The van der Waals surface area contributed by atoms with Crippen molar-refractivity contribution in [2.24, 2.45) is 0 Å². The number of ether oxygens (including phenoxy) is 1. The molecule has 0 saturated heterocycles. The fourth-order valence-electron chi connectivity index (χ4n) is 2.05. The highest BCUT2D eigenvalue weighted by atomic mass is 32.2. The zero-order chi connectivity index (χ0) is 12.4. The summed E-state index contributed by atoms with van der Waals surface area (Å²) in [6, 6.07) is 6.38. The van der Waals surface area contributed by atoms with Crippen molar-refractivity contribution in [3.63, 3.8) is 0 Å². The van der Waals surface area contributed by atoms with Crippen molar-refractivity contribution in [1.82, 2.24) is 9.55 Å². The quantitative estimate of drug-likeness (QED) is 0.859. The van der Waals surface area contributed by atoms with E-state index in [2.05, 4.69) is 28.8 Å². The van der Waals surface area contributed by atoms with Crippen molar-refractivity contribution in [1.29, 1.82) is 0 Å². The number of imidazole rings is 1. The third-order valence-corrected chi connectivity index (χ3v) is 3.90. The maximum atomic E-state index is 5.39. The highest BCUT2D eigenvalue weighted by Gasteiger charge is 2.12. The summed E-state index contributed by atoms with van der Waals surface area (Å²) in [7, 11) is 1.67. The van der Waals surface area contributed by atoms with Crippen LogP contribution in [0.25, 0.3) is 11.0 Å². The molecule has 0 saturated carbocycles. The first-order chi connectivity index (χ1) is 8.19. The number of thioether (sulfide) groups is 1. The van der Waals surface area contributed by atoms with Crippen LogP contribution in [-0.2, 0) is 0 Å². The highest BCUT2D eigenvalue weighted by Crippen LogP contribution is 2.27. The van der Waals surface area contributed by atoms with Gasteiger partial charge in [-0.25, -0.2) is 0 Å². The van der Waals surface area contributed by atoms with Crippen LogP contribution in [0.3, 0.4) is 0 Å². The molecule has 3 nitrogen and oxygen atoms in total. The number of hydrogen-bond donors (Lipinski definition) is 1. The Balaban J connectivity index is 2.64. The molecule has 0 spiro atoms. The minimum Gasteiger partial charge on any atom is -0.494 e. The zero-order valence-electron chi connectivity index (χ0n) is 10.2. The highest BCUT2D eigenvalue weighted by molar-refractivity contribution is 7.98. The van der Waals surface area contributed by atoms with Crippen molar-refractivity contribution in [2.45, 2.75) is 13.0 Å². The van der Waals surface area contributed by atoms with Crippen LogP contribution < -0.4 is 4.74 Å². The molecule has 0 aliphatic heterocycles. The summed E-state index contributed by atoms with van der Waals surface area (Å²) >= 11 is 7.22. The number of nitrogens with zero attached hydrogens (tertiary/aromatic N) is 1. The first-order valence-corrected chi connectivity index (χ1v) is 7.25. The molecule has 1 atom stereocenters. The minimum atomic E-state index is 0.373. The van der Waals surface area contributed by atoms with Gasteiger partial charge in [-0.1, -0.05) is 6.07 Å². The number of hydrogen-bond acceptors (Lipinski definition) is 3. The Morgan fingerprint density at radius 2 is 2.29 bits per heavy atom. The van der Waals surface area contributed by atoms with E-state index in [1.807, 2.05) is 23.9 Å². The van der Waals surface area contributed by atoms with E-state index in [1.54, 1.807) is 7.11 Å². The molecule has 5 heteroatoms. The van der Waals surface area contributed by atoms with Crippen LogP contribution in [0.1, 0.15) is 13.0 Å². The SMILES string of the molecule is COc1cccc2c1[nH]c(=S)n2C(C)CSC. The molecule has 1 aromatic carbocycles. The van der Waals surface area contributed by atoms with Crippen molar-refractivity contribution in [3.8, 4) is 5.75 Å². The fraction of sp³-hybridized carbons (Fsp3) is 0.417. The van der Waals surface area contributed by atoms with Crippen molar-refractivity contribution < 1.29 is 4.74 Å². The molecule has 0 bridgehead atoms. The summed E-state index contributed by atoms with van der Waals surface area (Å²) in [5.74, 6) is 1.88. The second kappa shape index (κ2) is 5.14. The number of nitrogens with one attached hydrogen (secondary N) is 1. The molecule has 2 rings (SSSR count). The molecule has 0 amide bonds. The van der Waals surface area contributed by atoms with Crippen LogP contribution in [-0.4, -0.2) is 28.7 Å². The zero-order valence-corrected chi connectivity index (χ0v) is 11.8. The van der Waals surface area contributed by atoms with E-state index >= 15 is 0 Å². The van der Waals surface area contributed by atoms with E-state index in [0.29, 0.717) is 6.04 Å². The number of para-hydroxylation sites is 1.